The van der Waals surface area contributed by atoms with Crippen LogP contribution < -0.4 is 9.64 Å². The molecule has 0 atom stereocenters. The van der Waals surface area contributed by atoms with Crippen molar-refractivity contribution in [3.8, 4) is 5.75 Å². The second-order valence-corrected chi connectivity index (χ2v) is 6.28. The highest BCUT2D eigenvalue weighted by Crippen LogP contribution is 2.15. The predicted octanol–water partition coefficient (Wildman–Crippen LogP) is 2.08. The van der Waals surface area contributed by atoms with Crippen LogP contribution >= 0.6 is 0 Å². The number of hydrogen-bond donors (Lipinski definition) is 0. The number of hydrogen-bond acceptors (Lipinski definition) is 5. The highest BCUT2D eigenvalue weighted by atomic mass is 16.5. The Hall–Kier alpha value is -2.63. The number of aryl methyl sites for hydroxylation is 1. The van der Waals surface area contributed by atoms with Gasteiger partial charge >= 0.3 is 0 Å². The van der Waals surface area contributed by atoms with Crippen molar-refractivity contribution in [2.45, 2.75) is 19.8 Å². The first-order chi connectivity index (χ1) is 12.2. The van der Waals surface area contributed by atoms with E-state index in [0.717, 1.165) is 48.9 Å². The molecule has 6 nitrogen and oxygen atoms in total. The van der Waals surface area contributed by atoms with E-state index in [2.05, 4.69) is 15.1 Å². The first-order valence-electron chi connectivity index (χ1n) is 8.61. The molecule has 0 unspecified atom stereocenters. The zero-order valence-electron chi connectivity index (χ0n) is 14.8. The van der Waals surface area contributed by atoms with Gasteiger partial charge in [-0.15, -0.1) is 5.10 Å². The number of rotatable bonds is 4. The molecule has 1 saturated heterocycles. The van der Waals surface area contributed by atoms with Crippen LogP contribution in [0.15, 0.2) is 36.4 Å². The van der Waals surface area contributed by atoms with Gasteiger partial charge in [0.1, 0.15) is 5.75 Å². The van der Waals surface area contributed by atoms with Crippen molar-refractivity contribution in [3.63, 3.8) is 0 Å². The average Bonchev–Trinajstić information content (AvgIpc) is 2.89. The van der Waals surface area contributed by atoms with Crippen LogP contribution in [0, 0.1) is 6.92 Å². The number of benzene rings is 1. The molecule has 1 fully saturated rings. The van der Waals surface area contributed by atoms with Crippen LogP contribution in [0.4, 0.5) is 5.82 Å². The molecule has 0 bridgehead atoms. The van der Waals surface area contributed by atoms with E-state index in [-0.39, 0.29) is 5.91 Å². The lowest BCUT2D eigenvalue weighted by Crippen LogP contribution is -2.36. The maximum absolute atomic E-state index is 12.6. The van der Waals surface area contributed by atoms with Crippen molar-refractivity contribution in [2.75, 3.05) is 38.2 Å². The summed E-state index contributed by atoms with van der Waals surface area (Å²) in [6.07, 6.45) is 1.36. The number of ether oxygens (including phenoxy) is 1. The third-order valence-corrected chi connectivity index (χ3v) is 4.47. The third kappa shape index (κ3) is 4.47. The lowest BCUT2D eigenvalue weighted by atomic mass is 10.1. The Morgan fingerprint density at radius 1 is 1.04 bits per heavy atom. The quantitative estimate of drug-likeness (QED) is 0.853. The second-order valence-electron chi connectivity index (χ2n) is 6.28. The van der Waals surface area contributed by atoms with Crippen LogP contribution in [0.3, 0.4) is 0 Å². The largest absolute Gasteiger partial charge is 0.497 e. The Balaban J connectivity index is 1.58. The fourth-order valence-electron chi connectivity index (χ4n) is 2.99. The van der Waals surface area contributed by atoms with Gasteiger partial charge in [-0.3, -0.25) is 4.79 Å². The third-order valence-electron chi connectivity index (χ3n) is 4.47. The van der Waals surface area contributed by atoms with Gasteiger partial charge in [-0.25, -0.2) is 0 Å². The molecule has 1 amide bonds. The molecule has 0 aliphatic carbocycles. The summed E-state index contributed by atoms with van der Waals surface area (Å²) in [6, 6.07) is 11.6. The van der Waals surface area contributed by atoms with Gasteiger partial charge in [0.25, 0.3) is 0 Å². The first-order valence-corrected chi connectivity index (χ1v) is 8.61. The number of carbonyl (C=O) groups excluding carboxylic acids is 1. The molecule has 0 radical (unpaired) electrons. The zero-order valence-corrected chi connectivity index (χ0v) is 14.8. The number of nitrogens with zero attached hydrogens (tertiary/aromatic N) is 4. The van der Waals surface area contributed by atoms with E-state index in [0.29, 0.717) is 13.0 Å². The van der Waals surface area contributed by atoms with Gasteiger partial charge in [0.05, 0.1) is 19.2 Å². The molecule has 2 aromatic rings. The monoisotopic (exact) mass is 340 g/mol. The predicted molar refractivity (Wildman–Crippen MR) is 96.9 cm³/mol. The van der Waals surface area contributed by atoms with Crippen molar-refractivity contribution >= 4 is 11.7 Å². The molecule has 0 spiro atoms. The van der Waals surface area contributed by atoms with Crippen molar-refractivity contribution < 1.29 is 9.53 Å². The molecule has 1 aromatic heterocycles. The molecular formula is C19H24N4O2. The molecule has 1 aliphatic rings. The van der Waals surface area contributed by atoms with Crippen molar-refractivity contribution in [1.82, 2.24) is 15.1 Å². The van der Waals surface area contributed by atoms with Gasteiger partial charge in [-0.1, -0.05) is 12.1 Å². The van der Waals surface area contributed by atoms with E-state index in [1.165, 1.54) is 0 Å². The van der Waals surface area contributed by atoms with Gasteiger partial charge < -0.3 is 14.5 Å². The van der Waals surface area contributed by atoms with Crippen LogP contribution in [0.2, 0.25) is 0 Å². The summed E-state index contributed by atoms with van der Waals surface area (Å²) in [5, 5.41) is 8.38. The highest BCUT2D eigenvalue weighted by Gasteiger charge is 2.20. The summed E-state index contributed by atoms with van der Waals surface area (Å²) < 4.78 is 5.16. The van der Waals surface area contributed by atoms with Crippen LogP contribution in [0.1, 0.15) is 17.7 Å². The van der Waals surface area contributed by atoms with Gasteiger partial charge in [-0.2, -0.15) is 5.10 Å². The van der Waals surface area contributed by atoms with E-state index >= 15 is 0 Å². The van der Waals surface area contributed by atoms with Crippen molar-refractivity contribution in [2.24, 2.45) is 0 Å². The standard InChI is InChI=1S/C19H24N4O2/c1-15-4-9-18(21-20-15)22-10-3-11-23(13-12-22)19(24)14-16-5-7-17(25-2)8-6-16/h4-9H,3,10-14H2,1-2H3. The van der Waals surface area contributed by atoms with Crippen molar-refractivity contribution in [1.29, 1.82) is 0 Å². The molecule has 132 valence electrons. The van der Waals surface area contributed by atoms with Gasteiger partial charge in [-0.05, 0) is 43.2 Å². The Morgan fingerprint density at radius 2 is 1.84 bits per heavy atom. The fourth-order valence-corrected chi connectivity index (χ4v) is 2.99. The van der Waals surface area contributed by atoms with E-state index in [9.17, 15) is 4.79 Å². The van der Waals surface area contributed by atoms with Crippen LogP contribution in [-0.4, -0.2) is 54.3 Å². The fraction of sp³-hybridized carbons (Fsp3) is 0.421. The summed E-state index contributed by atoms with van der Waals surface area (Å²) in [4.78, 5) is 16.8. The molecule has 1 aliphatic heterocycles. The molecule has 0 saturated carbocycles. The summed E-state index contributed by atoms with van der Waals surface area (Å²) in [6.45, 7) is 5.10. The Labute approximate surface area is 148 Å². The maximum atomic E-state index is 12.6. The highest BCUT2D eigenvalue weighted by molar-refractivity contribution is 5.79. The van der Waals surface area contributed by atoms with E-state index in [1.54, 1.807) is 7.11 Å². The van der Waals surface area contributed by atoms with Crippen molar-refractivity contribution in [3.05, 3.63) is 47.7 Å². The minimum absolute atomic E-state index is 0.169. The summed E-state index contributed by atoms with van der Waals surface area (Å²) in [7, 11) is 1.64. The lowest BCUT2D eigenvalue weighted by Gasteiger charge is -2.22. The Morgan fingerprint density at radius 3 is 2.52 bits per heavy atom. The number of methoxy groups -OCH3 is 1. The summed E-state index contributed by atoms with van der Waals surface area (Å²) in [5.41, 5.74) is 1.92. The topological polar surface area (TPSA) is 58.6 Å². The average molecular weight is 340 g/mol. The second kappa shape index (κ2) is 7.96. The number of carbonyl (C=O) groups is 1. The summed E-state index contributed by atoms with van der Waals surface area (Å²) >= 11 is 0. The van der Waals surface area contributed by atoms with Crippen LogP contribution in [0.5, 0.6) is 5.75 Å². The number of aromatic nitrogens is 2. The molecule has 0 N–H and O–H groups in total. The molecule has 2 heterocycles. The smallest absolute Gasteiger partial charge is 0.227 e. The molecular weight excluding hydrogens is 316 g/mol. The number of anilines is 1. The Bertz CT molecular complexity index is 700. The van der Waals surface area contributed by atoms with Gasteiger partial charge in [0, 0.05) is 26.2 Å². The van der Waals surface area contributed by atoms with Gasteiger partial charge in [0.2, 0.25) is 5.91 Å². The minimum atomic E-state index is 0.169. The molecule has 1 aromatic carbocycles. The minimum Gasteiger partial charge on any atom is -0.497 e. The first kappa shape index (κ1) is 17.2. The normalized spacial score (nSPS) is 15.0. The van der Waals surface area contributed by atoms with Crippen LogP contribution in [-0.2, 0) is 11.2 Å². The van der Waals surface area contributed by atoms with E-state index < -0.39 is 0 Å². The number of amides is 1. The van der Waals surface area contributed by atoms with Gasteiger partial charge in [0.15, 0.2) is 5.82 Å². The molecule has 6 heteroatoms. The lowest BCUT2D eigenvalue weighted by molar-refractivity contribution is -0.130. The Kier molecular flexibility index (Phi) is 5.48. The maximum Gasteiger partial charge on any atom is 0.227 e. The molecule has 25 heavy (non-hydrogen) atoms. The van der Waals surface area contributed by atoms with Crippen LogP contribution in [0.25, 0.3) is 0 Å². The zero-order chi connectivity index (χ0) is 17.6. The summed E-state index contributed by atoms with van der Waals surface area (Å²) in [5.74, 6) is 1.86. The van der Waals surface area contributed by atoms with E-state index in [1.807, 2.05) is 48.2 Å². The molecule has 3 rings (SSSR count). The SMILES string of the molecule is COc1ccc(CC(=O)N2CCCN(c3ccc(C)nn3)CC2)cc1. The van der Waals surface area contributed by atoms with E-state index in [4.69, 9.17) is 4.74 Å².